The number of rotatable bonds is 8. The third-order valence-electron chi connectivity index (χ3n) is 2.81. The summed E-state index contributed by atoms with van der Waals surface area (Å²) >= 11 is 0. The molecule has 0 radical (unpaired) electrons. The highest BCUT2D eigenvalue weighted by Gasteiger charge is 2.14. The Hall–Kier alpha value is -1.18. The normalized spacial score (nSPS) is 16.1. The van der Waals surface area contributed by atoms with Gasteiger partial charge in [0.05, 0.1) is 19.3 Å². The molecule has 1 aliphatic rings. The van der Waals surface area contributed by atoms with Gasteiger partial charge in [-0.05, 0) is 25.9 Å². The van der Waals surface area contributed by atoms with E-state index in [4.69, 9.17) is 9.47 Å². The predicted molar refractivity (Wildman–Crippen MR) is 69.7 cm³/mol. The van der Waals surface area contributed by atoms with Crippen molar-refractivity contribution in [2.24, 2.45) is 0 Å². The number of ether oxygens (including phenoxy) is 2. The zero-order valence-corrected chi connectivity index (χ0v) is 11.4. The molecule has 0 bridgehead atoms. The van der Waals surface area contributed by atoms with Crippen molar-refractivity contribution >= 4 is 11.8 Å². The van der Waals surface area contributed by atoms with E-state index >= 15 is 0 Å². The van der Waals surface area contributed by atoms with Crippen molar-refractivity contribution in [2.75, 3.05) is 46.5 Å². The van der Waals surface area contributed by atoms with Crippen molar-refractivity contribution in [1.82, 2.24) is 16.0 Å². The van der Waals surface area contributed by atoms with Crippen molar-refractivity contribution in [3.63, 3.8) is 0 Å². The first kappa shape index (κ1) is 15.9. The Bertz CT molecular complexity index is 280. The lowest BCUT2D eigenvalue weighted by atomic mass is 10.1. The van der Waals surface area contributed by atoms with E-state index in [0.29, 0.717) is 13.2 Å². The van der Waals surface area contributed by atoms with Crippen molar-refractivity contribution in [2.45, 2.75) is 18.9 Å². The Kier molecular flexibility index (Phi) is 8.11. The molecule has 0 aliphatic carbocycles. The first-order chi connectivity index (χ1) is 9.22. The van der Waals surface area contributed by atoms with Gasteiger partial charge < -0.3 is 25.4 Å². The maximum atomic E-state index is 11.5. The van der Waals surface area contributed by atoms with Gasteiger partial charge in [-0.15, -0.1) is 0 Å². The smallest absolute Gasteiger partial charge is 0.246 e. The van der Waals surface area contributed by atoms with Gasteiger partial charge in [-0.2, -0.15) is 0 Å². The standard InChI is InChI=1S/C12H23N3O4/c1-18-7-6-14-11(16)8-15-12(17)9-19-10-2-4-13-5-3-10/h10,13H,2-9H2,1H3,(H,14,16)(H,15,17). The first-order valence-electron chi connectivity index (χ1n) is 6.57. The second-order valence-corrected chi connectivity index (χ2v) is 4.38. The van der Waals surface area contributed by atoms with Gasteiger partial charge in [-0.1, -0.05) is 0 Å². The number of methoxy groups -OCH3 is 1. The minimum atomic E-state index is -0.263. The molecule has 2 amide bonds. The third-order valence-corrected chi connectivity index (χ3v) is 2.81. The Balaban J connectivity index is 2.02. The molecule has 1 fully saturated rings. The van der Waals surface area contributed by atoms with Gasteiger partial charge in [-0.25, -0.2) is 0 Å². The van der Waals surface area contributed by atoms with Crippen LogP contribution in [0.1, 0.15) is 12.8 Å². The van der Waals surface area contributed by atoms with E-state index in [0.717, 1.165) is 25.9 Å². The second-order valence-electron chi connectivity index (χ2n) is 4.38. The molecule has 0 saturated carbocycles. The van der Waals surface area contributed by atoms with Crippen LogP contribution in [0.15, 0.2) is 0 Å². The van der Waals surface area contributed by atoms with Crippen molar-refractivity contribution in [3.8, 4) is 0 Å². The lowest BCUT2D eigenvalue weighted by Crippen LogP contribution is -2.40. The SMILES string of the molecule is COCCNC(=O)CNC(=O)COC1CCNCC1. The quantitative estimate of drug-likeness (QED) is 0.475. The molecule has 1 aliphatic heterocycles. The molecular weight excluding hydrogens is 250 g/mol. The lowest BCUT2D eigenvalue weighted by molar-refractivity contribution is -0.130. The van der Waals surface area contributed by atoms with Crippen molar-refractivity contribution < 1.29 is 19.1 Å². The zero-order chi connectivity index (χ0) is 13.9. The molecule has 0 aromatic rings. The summed E-state index contributed by atoms with van der Waals surface area (Å²) in [6, 6.07) is 0. The molecule has 0 aromatic heterocycles. The largest absolute Gasteiger partial charge is 0.383 e. The average molecular weight is 273 g/mol. The van der Waals surface area contributed by atoms with E-state index in [2.05, 4.69) is 16.0 Å². The van der Waals surface area contributed by atoms with Crippen molar-refractivity contribution in [1.29, 1.82) is 0 Å². The molecule has 7 heteroatoms. The van der Waals surface area contributed by atoms with Crippen LogP contribution in [0.4, 0.5) is 0 Å². The summed E-state index contributed by atoms with van der Waals surface area (Å²) in [5.74, 6) is -0.493. The molecule has 7 nitrogen and oxygen atoms in total. The second kappa shape index (κ2) is 9.71. The van der Waals surface area contributed by atoms with E-state index in [1.807, 2.05) is 0 Å². The predicted octanol–water partition coefficient (Wildman–Crippen LogP) is -1.37. The summed E-state index contributed by atoms with van der Waals surface area (Å²) in [5, 5.41) is 8.36. The van der Waals surface area contributed by atoms with E-state index in [1.54, 1.807) is 7.11 Å². The van der Waals surface area contributed by atoms with E-state index in [1.165, 1.54) is 0 Å². The van der Waals surface area contributed by atoms with Crippen LogP contribution in [0.25, 0.3) is 0 Å². The van der Waals surface area contributed by atoms with Crippen LogP contribution in [0.5, 0.6) is 0 Å². The first-order valence-corrected chi connectivity index (χ1v) is 6.57. The maximum absolute atomic E-state index is 11.5. The summed E-state index contributed by atoms with van der Waals surface area (Å²) < 4.78 is 10.3. The molecule has 1 rings (SSSR count). The minimum Gasteiger partial charge on any atom is -0.383 e. The fourth-order valence-electron chi connectivity index (χ4n) is 1.74. The monoisotopic (exact) mass is 273 g/mol. The van der Waals surface area contributed by atoms with Gasteiger partial charge >= 0.3 is 0 Å². The van der Waals surface area contributed by atoms with Gasteiger partial charge in [0, 0.05) is 13.7 Å². The number of amides is 2. The van der Waals surface area contributed by atoms with Gasteiger partial charge in [0.1, 0.15) is 6.61 Å². The van der Waals surface area contributed by atoms with Gasteiger partial charge in [-0.3, -0.25) is 9.59 Å². The fourth-order valence-corrected chi connectivity index (χ4v) is 1.74. The van der Waals surface area contributed by atoms with Crippen LogP contribution in [-0.2, 0) is 19.1 Å². The summed E-state index contributed by atoms with van der Waals surface area (Å²) in [5.41, 5.74) is 0. The summed E-state index contributed by atoms with van der Waals surface area (Å²) in [6.45, 7) is 2.73. The van der Waals surface area contributed by atoms with Crippen LogP contribution in [0.2, 0.25) is 0 Å². The number of piperidine rings is 1. The molecule has 1 saturated heterocycles. The number of hydrogen-bond donors (Lipinski definition) is 3. The molecule has 0 atom stereocenters. The van der Waals surface area contributed by atoms with Crippen LogP contribution < -0.4 is 16.0 Å². The maximum Gasteiger partial charge on any atom is 0.246 e. The summed E-state index contributed by atoms with van der Waals surface area (Å²) in [4.78, 5) is 22.8. The van der Waals surface area contributed by atoms with E-state index in [-0.39, 0.29) is 31.1 Å². The molecule has 1 heterocycles. The molecular formula is C12H23N3O4. The summed E-state index contributed by atoms with van der Waals surface area (Å²) in [7, 11) is 1.56. The molecule has 3 N–H and O–H groups in total. The molecule has 19 heavy (non-hydrogen) atoms. The number of carbonyl (C=O) groups is 2. The Labute approximate surface area is 113 Å². The molecule has 0 unspecified atom stereocenters. The Morgan fingerprint density at radius 2 is 1.95 bits per heavy atom. The third kappa shape index (κ3) is 7.76. The Morgan fingerprint density at radius 3 is 2.63 bits per heavy atom. The van der Waals surface area contributed by atoms with Gasteiger partial charge in [0.2, 0.25) is 11.8 Å². The average Bonchev–Trinajstić information content (AvgIpc) is 2.44. The number of nitrogens with one attached hydrogen (secondary N) is 3. The molecule has 0 aromatic carbocycles. The van der Waals surface area contributed by atoms with Crippen molar-refractivity contribution in [3.05, 3.63) is 0 Å². The topological polar surface area (TPSA) is 88.7 Å². The number of carbonyl (C=O) groups excluding carboxylic acids is 2. The van der Waals surface area contributed by atoms with E-state index < -0.39 is 0 Å². The van der Waals surface area contributed by atoms with Crippen LogP contribution >= 0.6 is 0 Å². The van der Waals surface area contributed by atoms with E-state index in [9.17, 15) is 9.59 Å². The highest BCUT2D eigenvalue weighted by molar-refractivity contribution is 5.85. The lowest BCUT2D eigenvalue weighted by Gasteiger charge is -2.22. The minimum absolute atomic E-state index is 0.00994. The molecule has 0 spiro atoms. The Morgan fingerprint density at radius 1 is 1.21 bits per heavy atom. The van der Waals surface area contributed by atoms with Crippen LogP contribution in [0, 0.1) is 0 Å². The molecule has 110 valence electrons. The fraction of sp³-hybridized carbons (Fsp3) is 0.833. The van der Waals surface area contributed by atoms with Gasteiger partial charge in [0.15, 0.2) is 0 Å². The number of hydrogen-bond acceptors (Lipinski definition) is 5. The highest BCUT2D eigenvalue weighted by atomic mass is 16.5. The summed E-state index contributed by atoms with van der Waals surface area (Å²) in [6.07, 6.45) is 1.98. The van der Waals surface area contributed by atoms with Crippen LogP contribution in [-0.4, -0.2) is 64.4 Å². The zero-order valence-electron chi connectivity index (χ0n) is 11.4. The highest BCUT2D eigenvalue weighted by Crippen LogP contribution is 2.06. The van der Waals surface area contributed by atoms with Gasteiger partial charge in [0.25, 0.3) is 0 Å². The van der Waals surface area contributed by atoms with Crippen LogP contribution in [0.3, 0.4) is 0 Å².